The van der Waals surface area contributed by atoms with Crippen LogP contribution in [0.1, 0.15) is 11.1 Å². The van der Waals surface area contributed by atoms with E-state index in [4.69, 9.17) is 37.3 Å². The zero-order chi connectivity index (χ0) is 27.8. The molecule has 0 radical (unpaired) electrons. The highest BCUT2D eigenvalue weighted by Crippen LogP contribution is 2.30. The van der Waals surface area contributed by atoms with Crippen LogP contribution in [0.25, 0.3) is 33.5 Å². The highest BCUT2D eigenvalue weighted by Gasteiger charge is 2.17. The maximum Gasteiger partial charge on any atom is 0.282 e. The first kappa shape index (κ1) is 26.8. The molecule has 2 aromatic heterocycles. The van der Waals surface area contributed by atoms with E-state index in [1.54, 1.807) is 36.5 Å². The zero-order valence-corrected chi connectivity index (χ0v) is 25.1. The van der Waals surface area contributed by atoms with Crippen LogP contribution in [0.2, 0.25) is 10.0 Å². The molecule has 4 aromatic carbocycles. The van der Waals surface area contributed by atoms with Crippen molar-refractivity contribution in [2.45, 2.75) is 6.61 Å². The van der Waals surface area contributed by atoms with Gasteiger partial charge in [0.2, 0.25) is 5.82 Å². The summed E-state index contributed by atoms with van der Waals surface area (Å²) in [6.45, 7) is 0.261. The lowest BCUT2D eigenvalue weighted by Gasteiger charge is -2.11. The van der Waals surface area contributed by atoms with Crippen molar-refractivity contribution in [3.63, 3.8) is 0 Å². The molecule has 198 valence electrons. The molecule has 2 heterocycles. The topological polar surface area (TPSA) is 69.6 Å². The third-order valence-corrected chi connectivity index (χ3v) is 7.84. The molecular weight excluding hydrogens is 681 g/mol. The monoisotopic (exact) mass is 695 g/mol. The third kappa shape index (κ3) is 5.45. The minimum absolute atomic E-state index is 0.261. The van der Waals surface area contributed by atoms with Gasteiger partial charge in [0, 0.05) is 19.9 Å². The first-order valence-corrected chi connectivity index (χ1v) is 14.3. The smallest absolute Gasteiger partial charge is 0.282 e. The lowest BCUT2D eigenvalue weighted by atomic mass is 10.2. The Kier molecular flexibility index (Phi) is 7.51. The van der Waals surface area contributed by atoms with Gasteiger partial charge in [-0.05, 0) is 72.3 Å². The van der Waals surface area contributed by atoms with E-state index < -0.39 is 0 Å². The molecule has 6 aromatic rings. The van der Waals surface area contributed by atoms with Gasteiger partial charge in [-0.25, -0.2) is 4.98 Å². The Bertz CT molecular complexity index is 2000. The third-order valence-electron chi connectivity index (χ3n) is 6.12. The summed E-state index contributed by atoms with van der Waals surface area (Å²) in [5.74, 6) is 1.26. The zero-order valence-electron chi connectivity index (χ0n) is 20.4. The van der Waals surface area contributed by atoms with Crippen LogP contribution in [0.15, 0.2) is 108 Å². The molecule has 0 aliphatic heterocycles. The van der Waals surface area contributed by atoms with E-state index in [1.165, 1.54) is 4.68 Å². The number of para-hydroxylation sites is 1. The summed E-state index contributed by atoms with van der Waals surface area (Å²) in [5, 5.41) is 6.82. The summed E-state index contributed by atoms with van der Waals surface area (Å²) in [5.41, 5.74) is 2.39. The van der Waals surface area contributed by atoms with E-state index >= 15 is 0 Å². The predicted octanol–water partition coefficient (Wildman–Crippen LogP) is 9.10. The molecular formula is C30H17Br2Cl2N3O3. The van der Waals surface area contributed by atoms with Gasteiger partial charge in [-0.15, -0.1) is 0 Å². The number of furan rings is 1. The molecule has 0 unspecified atom stereocenters. The van der Waals surface area contributed by atoms with Crippen molar-refractivity contribution >= 4 is 83.1 Å². The molecule has 0 spiro atoms. The molecule has 0 N–H and O–H groups in total. The SMILES string of the molecule is O=c1c2ccccc2nc(-c2cc3cc(Br)ccc3o2)n1N=Cc1cc(Br)ccc1OCc1ccc(Cl)c(Cl)c1. The largest absolute Gasteiger partial charge is 0.488 e. The van der Waals surface area contributed by atoms with Crippen molar-refractivity contribution in [3.8, 4) is 17.3 Å². The number of hydrogen-bond acceptors (Lipinski definition) is 5. The molecule has 0 amide bonds. The van der Waals surface area contributed by atoms with Gasteiger partial charge in [0.05, 0.1) is 27.2 Å². The number of hydrogen-bond donors (Lipinski definition) is 0. The summed E-state index contributed by atoms with van der Waals surface area (Å²) < 4.78 is 15.2. The highest BCUT2D eigenvalue weighted by molar-refractivity contribution is 9.10. The maximum atomic E-state index is 13.6. The summed E-state index contributed by atoms with van der Waals surface area (Å²) in [6, 6.07) is 25.5. The fourth-order valence-corrected chi connectivity index (χ4v) is 5.26. The van der Waals surface area contributed by atoms with Gasteiger partial charge < -0.3 is 9.15 Å². The van der Waals surface area contributed by atoms with Gasteiger partial charge >= 0.3 is 0 Å². The van der Waals surface area contributed by atoms with E-state index in [0.29, 0.717) is 43.6 Å². The molecule has 6 nitrogen and oxygen atoms in total. The number of aromatic nitrogens is 2. The van der Waals surface area contributed by atoms with Crippen LogP contribution >= 0.6 is 55.1 Å². The molecule has 0 aliphatic rings. The molecule has 0 aliphatic carbocycles. The second-order valence-electron chi connectivity index (χ2n) is 8.83. The van der Waals surface area contributed by atoms with Crippen molar-refractivity contribution in [2.75, 3.05) is 0 Å². The molecule has 0 saturated carbocycles. The van der Waals surface area contributed by atoms with E-state index in [1.807, 2.05) is 54.6 Å². The molecule has 6 rings (SSSR count). The Labute approximate surface area is 255 Å². The van der Waals surface area contributed by atoms with Gasteiger partial charge in [0.1, 0.15) is 17.9 Å². The number of ether oxygens (including phenoxy) is 1. The Morgan fingerprint density at radius 1 is 0.925 bits per heavy atom. The minimum atomic E-state index is -0.327. The van der Waals surface area contributed by atoms with Gasteiger partial charge in [0.25, 0.3) is 5.56 Å². The minimum Gasteiger partial charge on any atom is -0.488 e. The molecule has 0 saturated heterocycles. The number of nitrogens with zero attached hydrogens (tertiary/aromatic N) is 3. The Morgan fingerprint density at radius 2 is 1.73 bits per heavy atom. The van der Waals surface area contributed by atoms with Gasteiger partial charge in [0.15, 0.2) is 5.76 Å². The van der Waals surface area contributed by atoms with Crippen LogP contribution in [0, 0.1) is 0 Å². The lowest BCUT2D eigenvalue weighted by molar-refractivity contribution is 0.306. The van der Waals surface area contributed by atoms with E-state index in [0.717, 1.165) is 19.9 Å². The van der Waals surface area contributed by atoms with Crippen LogP contribution in [-0.4, -0.2) is 15.9 Å². The highest BCUT2D eigenvalue weighted by atomic mass is 79.9. The van der Waals surface area contributed by atoms with E-state index in [2.05, 4.69) is 37.0 Å². The van der Waals surface area contributed by atoms with Gasteiger partial charge in [-0.3, -0.25) is 4.79 Å². The average Bonchev–Trinajstić information content (AvgIpc) is 3.37. The molecule has 10 heteroatoms. The van der Waals surface area contributed by atoms with Crippen LogP contribution in [0.4, 0.5) is 0 Å². The number of fused-ring (bicyclic) bond motifs is 2. The second kappa shape index (κ2) is 11.2. The normalized spacial score (nSPS) is 11.6. The number of rotatable bonds is 6. The van der Waals surface area contributed by atoms with Crippen LogP contribution in [0.5, 0.6) is 5.75 Å². The Hall–Kier alpha value is -3.43. The van der Waals surface area contributed by atoms with Crippen LogP contribution < -0.4 is 10.3 Å². The standard InChI is InChI=1S/C30H17Br2Cl2N3O3/c31-20-7-10-27-18(12-20)14-28(40-27)29-36-25-4-2-1-3-22(25)30(38)37(29)35-15-19-13-21(32)6-9-26(19)39-16-17-5-8-23(33)24(34)11-17/h1-15H,16H2. The Morgan fingerprint density at radius 3 is 2.58 bits per heavy atom. The van der Waals surface area contributed by atoms with Crippen molar-refractivity contribution in [1.82, 2.24) is 9.66 Å². The first-order valence-electron chi connectivity index (χ1n) is 12.0. The van der Waals surface area contributed by atoms with E-state index in [9.17, 15) is 4.79 Å². The lowest BCUT2D eigenvalue weighted by Crippen LogP contribution is -2.20. The molecule has 0 fully saturated rings. The molecule has 0 bridgehead atoms. The summed E-state index contributed by atoms with van der Waals surface area (Å²) in [7, 11) is 0. The van der Waals surface area contributed by atoms with Crippen molar-refractivity contribution in [2.24, 2.45) is 5.10 Å². The molecule has 0 atom stereocenters. The Balaban J connectivity index is 1.43. The number of halogens is 4. The summed E-state index contributed by atoms with van der Waals surface area (Å²) in [4.78, 5) is 18.4. The fraction of sp³-hybridized carbons (Fsp3) is 0.0333. The van der Waals surface area contributed by atoms with E-state index in [-0.39, 0.29) is 18.0 Å². The van der Waals surface area contributed by atoms with Gasteiger partial charge in [-0.1, -0.05) is 73.3 Å². The van der Waals surface area contributed by atoms with Crippen molar-refractivity contribution in [1.29, 1.82) is 0 Å². The van der Waals surface area contributed by atoms with Crippen LogP contribution in [0.3, 0.4) is 0 Å². The average molecular weight is 698 g/mol. The fourth-order valence-electron chi connectivity index (χ4n) is 4.18. The summed E-state index contributed by atoms with van der Waals surface area (Å²) >= 11 is 19.2. The predicted molar refractivity (Wildman–Crippen MR) is 167 cm³/mol. The van der Waals surface area contributed by atoms with Crippen LogP contribution in [-0.2, 0) is 6.61 Å². The number of benzene rings is 4. The molecule has 40 heavy (non-hydrogen) atoms. The van der Waals surface area contributed by atoms with Crippen molar-refractivity contribution < 1.29 is 9.15 Å². The van der Waals surface area contributed by atoms with Crippen molar-refractivity contribution in [3.05, 3.63) is 125 Å². The summed E-state index contributed by atoms with van der Waals surface area (Å²) in [6.07, 6.45) is 1.57. The second-order valence-corrected chi connectivity index (χ2v) is 11.5. The van der Waals surface area contributed by atoms with Gasteiger partial charge in [-0.2, -0.15) is 9.78 Å². The first-order chi connectivity index (χ1) is 19.4. The quantitative estimate of drug-likeness (QED) is 0.163. The maximum absolute atomic E-state index is 13.6.